The molecule has 2 aromatic carbocycles. The van der Waals surface area contributed by atoms with Gasteiger partial charge in [-0.05, 0) is 49.3 Å². The summed E-state index contributed by atoms with van der Waals surface area (Å²) in [7, 11) is 0. The number of benzene rings is 2. The third-order valence-electron chi connectivity index (χ3n) is 4.35. The van der Waals surface area contributed by atoms with E-state index in [1.165, 1.54) is 0 Å². The maximum atomic E-state index is 5.87. The van der Waals surface area contributed by atoms with Crippen LogP contribution in [0.5, 0.6) is 23.3 Å². The highest BCUT2D eigenvalue weighted by Crippen LogP contribution is 2.27. The third-order valence-corrected chi connectivity index (χ3v) is 4.60. The average molecular weight is 423 g/mol. The van der Waals surface area contributed by atoms with E-state index in [1.54, 1.807) is 6.07 Å². The monoisotopic (exact) mass is 422 g/mol. The zero-order chi connectivity index (χ0) is 20.6. The SMILES string of the molecule is S=C(NC[C@@H]1CCCO1)Nc1nc(Oc2ccccc2)cc(Oc2ccccc2)n1. The fourth-order valence-electron chi connectivity index (χ4n) is 2.94. The summed E-state index contributed by atoms with van der Waals surface area (Å²) in [5.74, 6) is 2.27. The van der Waals surface area contributed by atoms with E-state index in [1.807, 2.05) is 60.7 Å². The van der Waals surface area contributed by atoms with Crippen LogP contribution in [0.2, 0.25) is 0 Å². The molecule has 4 rings (SSSR count). The van der Waals surface area contributed by atoms with Gasteiger partial charge in [0.25, 0.3) is 0 Å². The van der Waals surface area contributed by atoms with Crippen molar-refractivity contribution < 1.29 is 14.2 Å². The lowest BCUT2D eigenvalue weighted by Gasteiger charge is -2.14. The second-order valence-electron chi connectivity index (χ2n) is 6.67. The first-order valence-electron chi connectivity index (χ1n) is 9.76. The van der Waals surface area contributed by atoms with E-state index in [0.717, 1.165) is 19.4 Å². The molecule has 7 nitrogen and oxygen atoms in total. The van der Waals surface area contributed by atoms with Crippen molar-refractivity contribution in [2.75, 3.05) is 18.5 Å². The lowest BCUT2D eigenvalue weighted by Crippen LogP contribution is -2.35. The molecule has 0 unspecified atom stereocenters. The third kappa shape index (κ3) is 5.88. The highest BCUT2D eigenvalue weighted by Gasteiger charge is 2.16. The predicted molar refractivity (Wildman–Crippen MR) is 118 cm³/mol. The van der Waals surface area contributed by atoms with Crippen molar-refractivity contribution in [1.82, 2.24) is 15.3 Å². The summed E-state index contributed by atoms with van der Waals surface area (Å²) in [5, 5.41) is 6.56. The molecular formula is C22H22N4O3S. The molecule has 1 atom stereocenters. The van der Waals surface area contributed by atoms with Gasteiger partial charge in [0.15, 0.2) is 5.11 Å². The van der Waals surface area contributed by atoms with Gasteiger partial charge in [0.2, 0.25) is 17.7 Å². The molecule has 0 bridgehead atoms. The van der Waals surface area contributed by atoms with Gasteiger partial charge in [0.1, 0.15) is 11.5 Å². The zero-order valence-electron chi connectivity index (χ0n) is 16.3. The topological polar surface area (TPSA) is 77.5 Å². The summed E-state index contributed by atoms with van der Waals surface area (Å²) < 4.78 is 17.3. The molecule has 0 radical (unpaired) electrons. The van der Waals surface area contributed by atoms with Crippen LogP contribution in [-0.2, 0) is 4.74 Å². The van der Waals surface area contributed by atoms with Gasteiger partial charge in [0.05, 0.1) is 12.2 Å². The summed E-state index contributed by atoms with van der Waals surface area (Å²) >= 11 is 5.38. The Hall–Kier alpha value is -3.23. The Labute approximate surface area is 180 Å². The highest BCUT2D eigenvalue weighted by atomic mass is 32.1. The van der Waals surface area contributed by atoms with Crippen LogP contribution in [0.15, 0.2) is 66.7 Å². The summed E-state index contributed by atoms with van der Waals surface area (Å²) in [4.78, 5) is 8.81. The van der Waals surface area contributed by atoms with Crippen molar-refractivity contribution in [3.8, 4) is 23.3 Å². The molecule has 0 aliphatic carbocycles. The molecule has 0 spiro atoms. The Balaban J connectivity index is 1.49. The first-order chi connectivity index (χ1) is 14.7. The fourth-order valence-corrected chi connectivity index (χ4v) is 3.12. The van der Waals surface area contributed by atoms with Crippen LogP contribution in [0.3, 0.4) is 0 Å². The Morgan fingerprint density at radius 2 is 1.57 bits per heavy atom. The summed E-state index contributed by atoms with van der Waals surface area (Å²) in [5.41, 5.74) is 0. The minimum Gasteiger partial charge on any atom is -0.439 e. The minimum atomic E-state index is 0.176. The first-order valence-corrected chi connectivity index (χ1v) is 10.2. The quantitative estimate of drug-likeness (QED) is 0.538. The highest BCUT2D eigenvalue weighted by molar-refractivity contribution is 7.80. The maximum Gasteiger partial charge on any atom is 0.235 e. The fraction of sp³-hybridized carbons (Fsp3) is 0.227. The van der Waals surface area contributed by atoms with E-state index in [-0.39, 0.29) is 12.1 Å². The average Bonchev–Trinajstić information content (AvgIpc) is 3.27. The summed E-state index contributed by atoms with van der Waals surface area (Å²) in [6.07, 6.45) is 2.28. The lowest BCUT2D eigenvalue weighted by atomic mass is 10.2. The molecule has 1 saturated heterocycles. The molecule has 0 amide bonds. The van der Waals surface area contributed by atoms with Crippen LogP contribution in [0.4, 0.5) is 5.95 Å². The van der Waals surface area contributed by atoms with Crippen LogP contribution in [0.1, 0.15) is 12.8 Å². The molecule has 8 heteroatoms. The van der Waals surface area contributed by atoms with Crippen LogP contribution < -0.4 is 20.1 Å². The van der Waals surface area contributed by atoms with Crippen LogP contribution in [0.25, 0.3) is 0 Å². The van der Waals surface area contributed by atoms with Crippen molar-refractivity contribution >= 4 is 23.3 Å². The smallest absolute Gasteiger partial charge is 0.235 e. The molecule has 30 heavy (non-hydrogen) atoms. The summed E-state index contributed by atoms with van der Waals surface area (Å²) in [6, 6.07) is 20.4. The Morgan fingerprint density at radius 1 is 0.967 bits per heavy atom. The number of anilines is 1. The van der Waals surface area contributed by atoms with E-state index in [0.29, 0.717) is 34.9 Å². The lowest BCUT2D eigenvalue weighted by molar-refractivity contribution is 0.114. The van der Waals surface area contributed by atoms with Crippen molar-refractivity contribution in [3.63, 3.8) is 0 Å². The first kappa shape index (κ1) is 20.1. The van der Waals surface area contributed by atoms with Gasteiger partial charge in [-0.2, -0.15) is 9.97 Å². The van der Waals surface area contributed by atoms with Gasteiger partial charge in [0, 0.05) is 13.2 Å². The van der Waals surface area contributed by atoms with E-state index in [9.17, 15) is 0 Å². The van der Waals surface area contributed by atoms with Crippen LogP contribution in [-0.4, -0.2) is 34.3 Å². The molecule has 3 aromatic rings. The molecule has 0 saturated carbocycles. The van der Waals surface area contributed by atoms with Gasteiger partial charge in [-0.25, -0.2) is 0 Å². The van der Waals surface area contributed by atoms with E-state index < -0.39 is 0 Å². The van der Waals surface area contributed by atoms with Crippen molar-refractivity contribution in [3.05, 3.63) is 66.7 Å². The molecule has 2 N–H and O–H groups in total. The molecule has 1 aromatic heterocycles. The Morgan fingerprint density at radius 3 is 2.10 bits per heavy atom. The number of para-hydroxylation sites is 2. The molecule has 154 valence electrons. The number of aromatic nitrogens is 2. The number of thiocarbonyl (C=S) groups is 1. The van der Waals surface area contributed by atoms with Crippen molar-refractivity contribution in [2.45, 2.75) is 18.9 Å². The molecular weight excluding hydrogens is 400 g/mol. The van der Waals surface area contributed by atoms with Gasteiger partial charge in [-0.1, -0.05) is 36.4 Å². The van der Waals surface area contributed by atoms with Crippen LogP contribution in [0, 0.1) is 0 Å². The number of hydrogen-bond acceptors (Lipinski definition) is 6. The maximum absolute atomic E-state index is 5.87. The minimum absolute atomic E-state index is 0.176. The summed E-state index contributed by atoms with van der Waals surface area (Å²) in [6.45, 7) is 1.44. The van der Waals surface area contributed by atoms with Gasteiger partial charge in [-0.3, -0.25) is 0 Å². The van der Waals surface area contributed by atoms with E-state index in [4.69, 9.17) is 26.4 Å². The van der Waals surface area contributed by atoms with Gasteiger partial charge < -0.3 is 24.8 Å². The largest absolute Gasteiger partial charge is 0.439 e. The number of nitrogens with zero attached hydrogens (tertiary/aromatic N) is 2. The second kappa shape index (κ2) is 10.00. The van der Waals surface area contributed by atoms with Gasteiger partial charge in [-0.15, -0.1) is 0 Å². The normalized spacial score (nSPS) is 15.4. The molecule has 1 fully saturated rings. The van der Waals surface area contributed by atoms with Gasteiger partial charge >= 0.3 is 0 Å². The molecule has 2 heterocycles. The predicted octanol–water partition coefficient (Wildman–Crippen LogP) is 4.53. The van der Waals surface area contributed by atoms with Crippen molar-refractivity contribution in [2.24, 2.45) is 0 Å². The molecule has 1 aliphatic heterocycles. The van der Waals surface area contributed by atoms with E-state index in [2.05, 4.69) is 20.6 Å². The molecule has 1 aliphatic rings. The Bertz CT molecular complexity index is 907. The standard InChI is InChI=1S/C22H22N4O3S/c30-22(23-15-18-12-7-13-27-18)26-21-24-19(28-16-8-3-1-4-9-16)14-20(25-21)29-17-10-5-2-6-11-17/h1-6,8-11,14,18H,7,12-13,15H2,(H2,23,24,25,26,30)/t18-/m0/s1. The number of ether oxygens (including phenoxy) is 3. The van der Waals surface area contributed by atoms with E-state index >= 15 is 0 Å². The second-order valence-corrected chi connectivity index (χ2v) is 7.08. The number of hydrogen-bond donors (Lipinski definition) is 2. The van der Waals surface area contributed by atoms with Crippen LogP contribution >= 0.6 is 12.2 Å². The Kier molecular flexibility index (Phi) is 6.68. The van der Waals surface area contributed by atoms with Crippen molar-refractivity contribution in [1.29, 1.82) is 0 Å². The number of nitrogens with one attached hydrogen (secondary N) is 2. The number of rotatable bonds is 7. The zero-order valence-corrected chi connectivity index (χ0v) is 17.1.